The van der Waals surface area contributed by atoms with Crippen molar-refractivity contribution in [2.75, 3.05) is 6.54 Å². The van der Waals surface area contributed by atoms with Crippen molar-refractivity contribution in [3.05, 3.63) is 40.7 Å². The molecule has 5 heteroatoms. The molecule has 1 aromatic rings. The van der Waals surface area contributed by atoms with Crippen molar-refractivity contribution in [2.24, 2.45) is 0 Å². The molecular weight excluding hydrogens is 305 g/mol. The highest BCUT2D eigenvalue weighted by Crippen LogP contribution is 2.25. The molecule has 1 atom stereocenters. The van der Waals surface area contributed by atoms with Crippen LogP contribution in [0.3, 0.4) is 0 Å². The summed E-state index contributed by atoms with van der Waals surface area (Å²) in [5, 5.41) is 3.02. The van der Waals surface area contributed by atoms with E-state index in [2.05, 4.69) is 11.4 Å². The van der Waals surface area contributed by atoms with Gasteiger partial charge in [-0.25, -0.2) is 4.39 Å². The number of ether oxygens (including phenoxy) is 1. The minimum Gasteiger partial charge on any atom is -0.479 e. The molecule has 0 heterocycles. The van der Waals surface area contributed by atoms with E-state index < -0.39 is 11.9 Å². The molecule has 0 bridgehead atoms. The van der Waals surface area contributed by atoms with Crippen LogP contribution in [0.2, 0.25) is 5.02 Å². The third-order valence-corrected chi connectivity index (χ3v) is 3.99. The molecule has 1 aliphatic rings. The molecule has 3 nitrogen and oxygen atoms in total. The number of rotatable bonds is 6. The van der Waals surface area contributed by atoms with E-state index in [0.29, 0.717) is 12.3 Å². The van der Waals surface area contributed by atoms with E-state index in [1.807, 2.05) is 0 Å². The van der Waals surface area contributed by atoms with Gasteiger partial charge >= 0.3 is 0 Å². The zero-order valence-electron chi connectivity index (χ0n) is 12.7. The van der Waals surface area contributed by atoms with Crippen molar-refractivity contribution in [3.8, 4) is 5.75 Å². The first-order valence-electron chi connectivity index (χ1n) is 7.63. The Morgan fingerprint density at radius 3 is 2.95 bits per heavy atom. The van der Waals surface area contributed by atoms with Gasteiger partial charge < -0.3 is 10.1 Å². The van der Waals surface area contributed by atoms with Crippen molar-refractivity contribution in [1.29, 1.82) is 0 Å². The van der Waals surface area contributed by atoms with Gasteiger partial charge in [0, 0.05) is 6.54 Å². The highest BCUT2D eigenvalue weighted by atomic mass is 35.5. The molecule has 0 aliphatic heterocycles. The van der Waals surface area contributed by atoms with Crippen molar-refractivity contribution in [3.63, 3.8) is 0 Å². The van der Waals surface area contributed by atoms with Crippen molar-refractivity contribution in [1.82, 2.24) is 5.32 Å². The minimum absolute atomic E-state index is 0.159. The third-order valence-electron chi connectivity index (χ3n) is 3.70. The van der Waals surface area contributed by atoms with Crippen LogP contribution < -0.4 is 10.1 Å². The highest BCUT2D eigenvalue weighted by Gasteiger charge is 2.16. The fourth-order valence-corrected chi connectivity index (χ4v) is 2.65. The minimum atomic E-state index is -0.678. The van der Waals surface area contributed by atoms with E-state index >= 15 is 0 Å². The maximum absolute atomic E-state index is 13.0. The van der Waals surface area contributed by atoms with Crippen molar-refractivity contribution in [2.45, 2.75) is 45.1 Å². The van der Waals surface area contributed by atoms with E-state index in [9.17, 15) is 9.18 Å². The fraction of sp³-hybridized carbons (Fsp3) is 0.471. The van der Waals surface area contributed by atoms with E-state index in [4.69, 9.17) is 16.3 Å². The van der Waals surface area contributed by atoms with Crippen LogP contribution in [0.25, 0.3) is 0 Å². The summed E-state index contributed by atoms with van der Waals surface area (Å²) in [5.74, 6) is -0.326. The average Bonchev–Trinajstić information content (AvgIpc) is 2.51. The monoisotopic (exact) mass is 325 g/mol. The lowest BCUT2D eigenvalue weighted by atomic mass is 9.97. The standard InChI is InChI=1S/C17H21ClFNO2/c1-12(22-16-8-7-14(19)11-15(16)18)17(21)20-10-9-13-5-3-2-4-6-13/h5,7-8,11-12H,2-4,6,9-10H2,1H3,(H,20,21). The molecule has 1 unspecified atom stereocenters. The largest absolute Gasteiger partial charge is 0.479 e. The summed E-state index contributed by atoms with van der Waals surface area (Å²) < 4.78 is 18.4. The van der Waals surface area contributed by atoms with Gasteiger partial charge in [0.2, 0.25) is 0 Å². The molecule has 1 N–H and O–H groups in total. The van der Waals surface area contributed by atoms with Gasteiger partial charge in [0.05, 0.1) is 5.02 Å². The van der Waals surface area contributed by atoms with Gasteiger partial charge in [-0.2, -0.15) is 0 Å². The summed E-state index contributed by atoms with van der Waals surface area (Å²) in [4.78, 5) is 12.0. The molecular formula is C17H21ClFNO2. The Balaban J connectivity index is 1.78. The maximum atomic E-state index is 13.0. The normalized spacial score (nSPS) is 15.9. The lowest BCUT2D eigenvalue weighted by Gasteiger charge is -2.17. The van der Waals surface area contributed by atoms with Crippen LogP contribution in [0, 0.1) is 5.82 Å². The smallest absolute Gasteiger partial charge is 0.260 e. The number of halogens is 2. The Kier molecular flexibility index (Phi) is 6.25. The van der Waals surface area contributed by atoms with Gasteiger partial charge in [0.15, 0.2) is 6.10 Å². The zero-order chi connectivity index (χ0) is 15.9. The molecule has 0 aromatic heterocycles. The molecule has 1 amide bonds. The second-order valence-corrected chi connectivity index (χ2v) is 5.89. The number of carbonyl (C=O) groups is 1. The Morgan fingerprint density at radius 2 is 2.27 bits per heavy atom. The summed E-state index contributed by atoms with van der Waals surface area (Å²) in [6.45, 7) is 2.25. The summed E-state index contributed by atoms with van der Waals surface area (Å²) in [6.07, 6.45) is 7.26. The van der Waals surface area contributed by atoms with Gasteiger partial charge in [0.25, 0.3) is 5.91 Å². The van der Waals surface area contributed by atoms with Gasteiger partial charge in [-0.05, 0) is 57.2 Å². The van der Waals surface area contributed by atoms with Crippen LogP contribution in [0.5, 0.6) is 5.75 Å². The second kappa shape index (κ2) is 8.18. The Labute approximate surface area is 135 Å². The predicted molar refractivity (Wildman–Crippen MR) is 85.7 cm³/mol. The molecule has 0 radical (unpaired) electrons. The second-order valence-electron chi connectivity index (χ2n) is 5.48. The first kappa shape index (κ1) is 16.8. The summed E-state index contributed by atoms with van der Waals surface area (Å²) in [6, 6.07) is 3.84. The Morgan fingerprint density at radius 1 is 1.45 bits per heavy atom. The highest BCUT2D eigenvalue weighted by molar-refractivity contribution is 6.32. The van der Waals surface area contributed by atoms with Crippen molar-refractivity contribution < 1.29 is 13.9 Å². The van der Waals surface area contributed by atoms with Crippen molar-refractivity contribution >= 4 is 17.5 Å². The van der Waals surface area contributed by atoms with Gasteiger partial charge in [-0.1, -0.05) is 23.3 Å². The van der Waals surface area contributed by atoms with Crippen LogP contribution in [0.1, 0.15) is 39.0 Å². The fourth-order valence-electron chi connectivity index (χ4n) is 2.44. The molecule has 120 valence electrons. The SMILES string of the molecule is CC(Oc1ccc(F)cc1Cl)C(=O)NCCC1=CCCCC1. The van der Waals surface area contributed by atoms with E-state index in [-0.39, 0.29) is 10.9 Å². The zero-order valence-corrected chi connectivity index (χ0v) is 13.5. The van der Waals surface area contributed by atoms with Crippen LogP contribution >= 0.6 is 11.6 Å². The Hall–Kier alpha value is -1.55. The predicted octanol–water partition coefficient (Wildman–Crippen LogP) is 4.25. The van der Waals surface area contributed by atoms with Gasteiger partial charge in [-0.15, -0.1) is 0 Å². The summed E-state index contributed by atoms with van der Waals surface area (Å²) >= 11 is 5.88. The topological polar surface area (TPSA) is 38.3 Å². The first-order valence-corrected chi connectivity index (χ1v) is 8.01. The van der Waals surface area contributed by atoms with E-state index in [1.54, 1.807) is 6.92 Å². The maximum Gasteiger partial charge on any atom is 0.260 e. The number of allylic oxidation sites excluding steroid dienone is 1. The molecule has 1 aromatic carbocycles. The number of hydrogen-bond acceptors (Lipinski definition) is 2. The molecule has 22 heavy (non-hydrogen) atoms. The molecule has 0 spiro atoms. The number of nitrogens with one attached hydrogen (secondary N) is 1. The molecule has 0 fully saturated rings. The molecule has 2 rings (SSSR count). The average molecular weight is 326 g/mol. The van der Waals surface area contributed by atoms with E-state index in [1.165, 1.54) is 30.5 Å². The lowest BCUT2D eigenvalue weighted by Crippen LogP contribution is -2.37. The number of benzene rings is 1. The summed E-state index contributed by atoms with van der Waals surface area (Å²) in [5.41, 5.74) is 1.42. The molecule has 0 saturated carbocycles. The van der Waals surface area contributed by atoms with Crippen LogP contribution in [0.15, 0.2) is 29.8 Å². The molecule has 0 saturated heterocycles. The third kappa shape index (κ3) is 5.02. The Bertz CT molecular complexity index is 560. The number of hydrogen-bond donors (Lipinski definition) is 1. The number of carbonyl (C=O) groups excluding carboxylic acids is 1. The van der Waals surface area contributed by atoms with Crippen LogP contribution in [-0.4, -0.2) is 18.6 Å². The lowest BCUT2D eigenvalue weighted by molar-refractivity contribution is -0.127. The van der Waals surface area contributed by atoms with Crippen LogP contribution in [-0.2, 0) is 4.79 Å². The van der Waals surface area contributed by atoms with Crippen LogP contribution in [0.4, 0.5) is 4.39 Å². The van der Waals surface area contributed by atoms with E-state index in [0.717, 1.165) is 25.3 Å². The quantitative estimate of drug-likeness (QED) is 0.794. The first-order chi connectivity index (χ1) is 10.6. The molecule has 1 aliphatic carbocycles. The number of amides is 1. The van der Waals surface area contributed by atoms with Gasteiger partial charge in [0.1, 0.15) is 11.6 Å². The van der Waals surface area contributed by atoms with Gasteiger partial charge in [-0.3, -0.25) is 4.79 Å². The summed E-state index contributed by atoms with van der Waals surface area (Å²) in [7, 11) is 0.